The van der Waals surface area contributed by atoms with Crippen molar-refractivity contribution in [1.29, 1.82) is 0 Å². The van der Waals surface area contributed by atoms with Crippen molar-refractivity contribution in [2.75, 3.05) is 11.6 Å². The van der Waals surface area contributed by atoms with E-state index in [9.17, 15) is 4.91 Å². The Hall–Kier alpha value is -1.82. The Morgan fingerprint density at radius 2 is 2.08 bits per heavy atom. The molecule has 0 fully saturated rings. The minimum atomic E-state index is 0.202. The van der Waals surface area contributed by atoms with Gasteiger partial charge in [-0.05, 0) is 12.1 Å². The maximum absolute atomic E-state index is 10.3. The Labute approximate surface area is 71.0 Å². The van der Waals surface area contributed by atoms with Crippen molar-refractivity contribution in [1.82, 2.24) is 0 Å². The molecule has 0 N–H and O–H groups in total. The number of anilines is 1. The SMILES string of the molecule is C#CCN(N=O)c1ccccc1. The van der Waals surface area contributed by atoms with Gasteiger partial charge in [0.25, 0.3) is 0 Å². The highest BCUT2D eigenvalue weighted by atomic mass is 16.3. The van der Waals surface area contributed by atoms with Crippen molar-refractivity contribution >= 4 is 5.69 Å². The van der Waals surface area contributed by atoms with Crippen LogP contribution in [0.15, 0.2) is 35.6 Å². The topological polar surface area (TPSA) is 32.7 Å². The van der Waals surface area contributed by atoms with E-state index < -0.39 is 0 Å². The van der Waals surface area contributed by atoms with Crippen LogP contribution >= 0.6 is 0 Å². The quantitative estimate of drug-likeness (QED) is 0.383. The number of hydrogen-bond donors (Lipinski definition) is 0. The number of benzene rings is 1. The van der Waals surface area contributed by atoms with Gasteiger partial charge in [0.2, 0.25) is 0 Å². The highest BCUT2D eigenvalue weighted by Crippen LogP contribution is 2.11. The molecule has 0 spiro atoms. The fraction of sp³-hybridized carbons (Fsp3) is 0.111. The second-order valence-corrected chi connectivity index (χ2v) is 2.18. The maximum Gasteiger partial charge on any atom is 0.105 e. The molecule has 0 saturated carbocycles. The fourth-order valence-electron chi connectivity index (χ4n) is 0.854. The van der Waals surface area contributed by atoms with Crippen molar-refractivity contribution < 1.29 is 0 Å². The van der Waals surface area contributed by atoms with E-state index in [0.29, 0.717) is 5.69 Å². The fourth-order valence-corrected chi connectivity index (χ4v) is 0.854. The van der Waals surface area contributed by atoms with Crippen LogP contribution in [0.1, 0.15) is 0 Å². The van der Waals surface area contributed by atoms with Gasteiger partial charge in [-0.2, -0.15) is 0 Å². The zero-order chi connectivity index (χ0) is 8.81. The molecular formula is C9H8N2O. The van der Waals surface area contributed by atoms with E-state index in [2.05, 4.69) is 11.2 Å². The van der Waals surface area contributed by atoms with E-state index in [0.717, 1.165) is 0 Å². The molecule has 0 saturated heterocycles. The number of nitrogens with zero attached hydrogens (tertiary/aromatic N) is 2. The van der Waals surface area contributed by atoms with Gasteiger partial charge in [-0.3, -0.25) is 0 Å². The summed E-state index contributed by atoms with van der Waals surface area (Å²) in [6.07, 6.45) is 5.05. The van der Waals surface area contributed by atoms with Crippen LogP contribution in [0.5, 0.6) is 0 Å². The van der Waals surface area contributed by atoms with E-state index in [1.165, 1.54) is 5.01 Å². The summed E-state index contributed by atoms with van der Waals surface area (Å²) in [5, 5.41) is 4.01. The largest absolute Gasteiger partial charge is 0.217 e. The van der Waals surface area contributed by atoms with E-state index in [4.69, 9.17) is 6.42 Å². The van der Waals surface area contributed by atoms with Crippen LogP contribution in [-0.4, -0.2) is 6.54 Å². The van der Waals surface area contributed by atoms with Crippen molar-refractivity contribution in [2.45, 2.75) is 0 Å². The minimum Gasteiger partial charge on any atom is -0.217 e. The average molecular weight is 160 g/mol. The standard InChI is InChI=1S/C9H8N2O/c1-2-8-11(10-12)9-6-4-3-5-7-9/h1,3-7H,8H2. The highest BCUT2D eigenvalue weighted by Gasteiger charge is 2.01. The smallest absolute Gasteiger partial charge is 0.105 e. The van der Waals surface area contributed by atoms with Crippen molar-refractivity contribution in [3.8, 4) is 12.3 Å². The lowest BCUT2D eigenvalue weighted by atomic mass is 10.3. The van der Waals surface area contributed by atoms with E-state index in [1.807, 2.05) is 18.2 Å². The van der Waals surface area contributed by atoms with Crippen LogP contribution in [0.2, 0.25) is 0 Å². The van der Waals surface area contributed by atoms with E-state index in [1.54, 1.807) is 12.1 Å². The molecular weight excluding hydrogens is 152 g/mol. The van der Waals surface area contributed by atoms with Gasteiger partial charge < -0.3 is 0 Å². The van der Waals surface area contributed by atoms with Crippen LogP contribution < -0.4 is 5.01 Å². The molecule has 0 aliphatic carbocycles. The van der Waals surface area contributed by atoms with Crippen molar-refractivity contribution in [2.24, 2.45) is 5.29 Å². The zero-order valence-corrected chi connectivity index (χ0v) is 6.47. The first kappa shape index (κ1) is 8.28. The van der Waals surface area contributed by atoms with Crippen molar-refractivity contribution in [3.63, 3.8) is 0 Å². The second-order valence-electron chi connectivity index (χ2n) is 2.18. The minimum absolute atomic E-state index is 0.202. The molecule has 12 heavy (non-hydrogen) atoms. The Kier molecular flexibility index (Phi) is 2.86. The van der Waals surface area contributed by atoms with Gasteiger partial charge in [-0.1, -0.05) is 24.1 Å². The van der Waals surface area contributed by atoms with E-state index in [-0.39, 0.29) is 6.54 Å². The number of terminal acetylenes is 1. The molecule has 0 bridgehead atoms. The van der Waals surface area contributed by atoms with E-state index >= 15 is 0 Å². The van der Waals surface area contributed by atoms with Crippen LogP contribution in [0.3, 0.4) is 0 Å². The summed E-state index contributed by atoms with van der Waals surface area (Å²) in [6, 6.07) is 9.06. The molecule has 1 rings (SSSR count). The Morgan fingerprint density at radius 3 is 2.58 bits per heavy atom. The van der Waals surface area contributed by atoms with Crippen molar-refractivity contribution in [3.05, 3.63) is 35.2 Å². The molecule has 0 aliphatic rings. The van der Waals surface area contributed by atoms with Gasteiger partial charge in [-0.15, -0.1) is 11.3 Å². The molecule has 3 nitrogen and oxygen atoms in total. The normalized spacial score (nSPS) is 8.58. The monoisotopic (exact) mass is 160 g/mol. The molecule has 0 atom stereocenters. The number of hydrogen-bond acceptors (Lipinski definition) is 2. The third-order valence-corrected chi connectivity index (χ3v) is 1.39. The highest BCUT2D eigenvalue weighted by molar-refractivity contribution is 5.45. The molecule has 3 heteroatoms. The van der Waals surface area contributed by atoms with Gasteiger partial charge in [0.1, 0.15) is 6.54 Å². The lowest BCUT2D eigenvalue weighted by molar-refractivity contribution is 0.945. The summed E-state index contributed by atoms with van der Waals surface area (Å²) >= 11 is 0. The van der Waals surface area contributed by atoms with Crippen LogP contribution in [0.25, 0.3) is 0 Å². The molecule has 60 valence electrons. The Balaban J connectivity index is 2.81. The number of para-hydroxylation sites is 1. The third kappa shape index (κ3) is 1.83. The summed E-state index contributed by atoms with van der Waals surface area (Å²) in [5.74, 6) is 2.35. The Morgan fingerprint density at radius 1 is 1.42 bits per heavy atom. The van der Waals surface area contributed by atoms with Gasteiger partial charge >= 0.3 is 0 Å². The van der Waals surface area contributed by atoms with Gasteiger partial charge in [0.15, 0.2) is 0 Å². The number of rotatable bonds is 3. The predicted octanol–water partition coefficient (Wildman–Crippen LogP) is 1.81. The molecule has 1 aromatic carbocycles. The lowest BCUT2D eigenvalue weighted by Gasteiger charge is -2.10. The molecule has 0 aromatic heterocycles. The summed E-state index contributed by atoms with van der Waals surface area (Å²) in [4.78, 5) is 10.3. The van der Waals surface area contributed by atoms with Crippen LogP contribution in [0.4, 0.5) is 5.69 Å². The molecule has 0 aliphatic heterocycles. The zero-order valence-electron chi connectivity index (χ0n) is 6.47. The molecule has 0 amide bonds. The second kappa shape index (κ2) is 4.14. The first-order valence-corrected chi connectivity index (χ1v) is 3.48. The molecule has 1 aromatic rings. The molecule has 0 unspecified atom stereocenters. The number of nitroso groups, excluding NO2 is 1. The van der Waals surface area contributed by atoms with Crippen LogP contribution in [-0.2, 0) is 0 Å². The maximum atomic E-state index is 10.3. The first-order valence-electron chi connectivity index (χ1n) is 3.48. The third-order valence-electron chi connectivity index (χ3n) is 1.39. The van der Waals surface area contributed by atoms with Gasteiger partial charge in [-0.25, -0.2) is 5.01 Å². The summed E-state index contributed by atoms with van der Waals surface area (Å²) in [5.41, 5.74) is 0.713. The summed E-state index contributed by atoms with van der Waals surface area (Å²) < 4.78 is 0. The summed E-state index contributed by atoms with van der Waals surface area (Å²) in [6.45, 7) is 0.202. The summed E-state index contributed by atoms with van der Waals surface area (Å²) in [7, 11) is 0. The van der Waals surface area contributed by atoms with Crippen LogP contribution in [0, 0.1) is 17.3 Å². The Bertz CT molecular complexity index is 289. The predicted molar refractivity (Wildman–Crippen MR) is 48.4 cm³/mol. The molecule has 0 radical (unpaired) electrons. The molecule has 0 heterocycles. The van der Waals surface area contributed by atoms with Gasteiger partial charge in [0, 0.05) is 0 Å². The lowest BCUT2D eigenvalue weighted by Crippen LogP contribution is -2.14. The average Bonchev–Trinajstić information content (AvgIpc) is 2.15. The first-order chi connectivity index (χ1) is 5.88. The van der Waals surface area contributed by atoms with Gasteiger partial charge in [0.05, 0.1) is 11.0 Å².